The van der Waals surface area contributed by atoms with E-state index in [1.807, 2.05) is 31.2 Å². The number of nitrogens with zero attached hydrogens (tertiary/aromatic N) is 6. The molecule has 6 rings (SSSR count). The minimum absolute atomic E-state index is 0.137. The molecule has 4 heterocycles. The van der Waals surface area contributed by atoms with Crippen LogP contribution in [-0.2, 0) is 6.42 Å². The highest BCUT2D eigenvalue weighted by atomic mass is 16.5. The van der Waals surface area contributed by atoms with E-state index in [-0.39, 0.29) is 12.3 Å². The predicted octanol–water partition coefficient (Wildman–Crippen LogP) is 4.33. The fourth-order valence-electron chi connectivity index (χ4n) is 4.24. The SMILES string of the molecule is Cc1ccc2ccc3c(c2n1)Oc1ncn2nc(CC#N)nc2c1C3c1ccccc1. The first-order chi connectivity index (χ1) is 15.2. The maximum atomic E-state index is 9.08. The van der Waals surface area contributed by atoms with Crippen molar-refractivity contribution in [2.45, 2.75) is 19.3 Å². The molecule has 7 heteroatoms. The molecular formula is C24H16N6O. The number of aryl methyl sites for hydroxylation is 1. The summed E-state index contributed by atoms with van der Waals surface area (Å²) in [6.07, 6.45) is 1.72. The van der Waals surface area contributed by atoms with Crippen LogP contribution in [-0.4, -0.2) is 24.6 Å². The summed E-state index contributed by atoms with van der Waals surface area (Å²) in [5.41, 5.74) is 5.33. The highest BCUT2D eigenvalue weighted by Gasteiger charge is 2.34. The standard InChI is InChI=1S/C24H16N6O/c1-14-7-8-16-9-10-17-19(15-5-3-2-4-6-15)20-23-28-18(11-12-25)29-30(23)13-26-24(20)31-22(17)21(16)27-14/h2-10,13,19H,11H2,1H3. The number of hydrogen-bond donors (Lipinski definition) is 0. The van der Waals surface area contributed by atoms with E-state index in [0.717, 1.165) is 39.0 Å². The van der Waals surface area contributed by atoms with Crippen molar-refractivity contribution in [1.29, 1.82) is 5.26 Å². The van der Waals surface area contributed by atoms with E-state index < -0.39 is 0 Å². The van der Waals surface area contributed by atoms with E-state index in [0.29, 0.717) is 17.4 Å². The maximum Gasteiger partial charge on any atom is 0.228 e. The average molecular weight is 404 g/mol. The van der Waals surface area contributed by atoms with Crippen LogP contribution in [0.1, 0.15) is 34.1 Å². The van der Waals surface area contributed by atoms with E-state index in [4.69, 9.17) is 15.0 Å². The van der Waals surface area contributed by atoms with Gasteiger partial charge in [0, 0.05) is 22.6 Å². The zero-order chi connectivity index (χ0) is 20.9. The van der Waals surface area contributed by atoms with Gasteiger partial charge in [0.25, 0.3) is 0 Å². The van der Waals surface area contributed by atoms with Gasteiger partial charge in [-0.05, 0) is 18.6 Å². The van der Waals surface area contributed by atoms with Gasteiger partial charge >= 0.3 is 0 Å². The molecule has 31 heavy (non-hydrogen) atoms. The third-order valence-corrected chi connectivity index (χ3v) is 5.58. The molecule has 5 aromatic rings. The molecule has 0 radical (unpaired) electrons. The quantitative estimate of drug-likeness (QED) is 0.427. The van der Waals surface area contributed by atoms with Crippen LogP contribution < -0.4 is 4.74 Å². The van der Waals surface area contributed by atoms with Crippen molar-refractivity contribution in [3.63, 3.8) is 0 Å². The van der Waals surface area contributed by atoms with Crippen molar-refractivity contribution in [3.05, 3.63) is 89.1 Å². The molecule has 2 aromatic carbocycles. The molecule has 0 spiro atoms. The van der Waals surface area contributed by atoms with E-state index in [2.05, 4.69) is 51.5 Å². The first kappa shape index (κ1) is 17.5. The molecule has 1 atom stereocenters. The Labute approximate surface area is 177 Å². The average Bonchev–Trinajstić information content (AvgIpc) is 3.21. The molecule has 0 saturated heterocycles. The topological polar surface area (TPSA) is 89.0 Å². The number of fused-ring (bicyclic) bond motifs is 6. The number of benzene rings is 2. The van der Waals surface area contributed by atoms with Gasteiger partial charge in [-0.25, -0.2) is 19.5 Å². The summed E-state index contributed by atoms with van der Waals surface area (Å²) in [5.74, 6) is 1.52. The van der Waals surface area contributed by atoms with Crippen molar-refractivity contribution >= 4 is 16.6 Å². The Bertz CT molecular complexity index is 1520. The third kappa shape index (κ3) is 2.66. The molecule has 0 bridgehead atoms. The zero-order valence-electron chi connectivity index (χ0n) is 16.6. The highest BCUT2D eigenvalue weighted by molar-refractivity contribution is 5.88. The summed E-state index contributed by atoms with van der Waals surface area (Å²) >= 11 is 0. The molecule has 0 fully saturated rings. The minimum Gasteiger partial charge on any atom is -0.436 e. The summed E-state index contributed by atoms with van der Waals surface area (Å²) in [6.45, 7) is 1.97. The molecule has 3 aromatic heterocycles. The summed E-state index contributed by atoms with van der Waals surface area (Å²) in [4.78, 5) is 13.9. The van der Waals surface area contributed by atoms with Gasteiger partial charge in [0.15, 0.2) is 17.2 Å². The van der Waals surface area contributed by atoms with Crippen LogP contribution in [0.2, 0.25) is 0 Å². The lowest BCUT2D eigenvalue weighted by molar-refractivity contribution is 0.436. The first-order valence-electron chi connectivity index (χ1n) is 9.97. The molecule has 148 valence electrons. The van der Waals surface area contributed by atoms with Gasteiger partial charge in [0.05, 0.1) is 18.1 Å². The smallest absolute Gasteiger partial charge is 0.228 e. The van der Waals surface area contributed by atoms with Crippen molar-refractivity contribution in [1.82, 2.24) is 24.6 Å². The molecule has 1 unspecified atom stereocenters. The lowest BCUT2D eigenvalue weighted by atomic mass is 9.83. The molecule has 0 aliphatic carbocycles. The van der Waals surface area contributed by atoms with Gasteiger partial charge in [-0.1, -0.05) is 48.5 Å². The van der Waals surface area contributed by atoms with Gasteiger partial charge in [-0.2, -0.15) is 5.26 Å². The van der Waals surface area contributed by atoms with Crippen LogP contribution in [0.5, 0.6) is 11.6 Å². The number of pyridine rings is 1. The predicted molar refractivity (Wildman–Crippen MR) is 114 cm³/mol. The Balaban J connectivity index is 1.68. The van der Waals surface area contributed by atoms with Crippen LogP contribution in [0, 0.1) is 18.3 Å². The molecule has 7 nitrogen and oxygen atoms in total. The largest absolute Gasteiger partial charge is 0.436 e. The lowest BCUT2D eigenvalue weighted by Crippen LogP contribution is -2.15. The van der Waals surface area contributed by atoms with Crippen LogP contribution in [0.4, 0.5) is 0 Å². The van der Waals surface area contributed by atoms with E-state index >= 15 is 0 Å². The summed E-state index contributed by atoms with van der Waals surface area (Å²) in [6, 6.07) is 20.5. The maximum absolute atomic E-state index is 9.08. The number of rotatable bonds is 2. The number of nitriles is 1. The highest BCUT2D eigenvalue weighted by Crippen LogP contribution is 2.49. The first-order valence-corrected chi connectivity index (χ1v) is 9.97. The normalized spacial score (nSPS) is 14.6. The van der Waals surface area contributed by atoms with E-state index in [1.165, 1.54) is 0 Å². The summed E-state index contributed by atoms with van der Waals surface area (Å²) in [5, 5.41) is 14.5. The zero-order valence-corrected chi connectivity index (χ0v) is 16.6. The molecule has 0 N–H and O–H groups in total. The van der Waals surface area contributed by atoms with Crippen molar-refractivity contribution in [2.24, 2.45) is 0 Å². The van der Waals surface area contributed by atoms with E-state index in [1.54, 1.807) is 10.8 Å². The van der Waals surface area contributed by atoms with Crippen molar-refractivity contribution < 1.29 is 4.74 Å². The Morgan fingerprint density at radius 1 is 1.06 bits per heavy atom. The van der Waals surface area contributed by atoms with Crippen molar-refractivity contribution in [3.8, 4) is 17.7 Å². The summed E-state index contributed by atoms with van der Waals surface area (Å²) < 4.78 is 7.98. The van der Waals surface area contributed by atoms with Gasteiger partial charge < -0.3 is 4.74 Å². The van der Waals surface area contributed by atoms with Crippen LogP contribution in [0.25, 0.3) is 16.6 Å². The Morgan fingerprint density at radius 3 is 2.74 bits per heavy atom. The fraction of sp³-hybridized carbons (Fsp3) is 0.125. The second-order valence-corrected chi connectivity index (χ2v) is 7.55. The van der Waals surface area contributed by atoms with Gasteiger partial charge in [-0.3, -0.25) is 0 Å². The Hall–Kier alpha value is -4.31. The van der Waals surface area contributed by atoms with Gasteiger partial charge in [0.1, 0.15) is 11.8 Å². The second-order valence-electron chi connectivity index (χ2n) is 7.55. The molecule has 1 aliphatic rings. The second kappa shape index (κ2) is 6.61. The molecule has 0 saturated carbocycles. The molecule has 0 amide bonds. The Morgan fingerprint density at radius 2 is 1.90 bits per heavy atom. The number of aromatic nitrogens is 5. The van der Waals surface area contributed by atoms with Crippen LogP contribution in [0.15, 0.2) is 60.9 Å². The van der Waals surface area contributed by atoms with Crippen LogP contribution in [0.3, 0.4) is 0 Å². The molecule has 1 aliphatic heterocycles. The minimum atomic E-state index is -0.151. The van der Waals surface area contributed by atoms with E-state index in [9.17, 15) is 0 Å². The number of hydrogen-bond acceptors (Lipinski definition) is 6. The fourth-order valence-corrected chi connectivity index (χ4v) is 4.24. The summed E-state index contributed by atoms with van der Waals surface area (Å²) in [7, 11) is 0. The Kier molecular flexibility index (Phi) is 3.74. The third-order valence-electron chi connectivity index (χ3n) is 5.58. The number of ether oxygens (including phenoxy) is 1. The molecular weight excluding hydrogens is 388 g/mol. The van der Waals surface area contributed by atoms with Crippen molar-refractivity contribution in [2.75, 3.05) is 0 Å². The lowest BCUT2D eigenvalue weighted by Gasteiger charge is -2.28. The van der Waals surface area contributed by atoms with Crippen LogP contribution >= 0.6 is 0 Å². The van der Waals surface area contributed by atoms with Gasteiger partial charge in [0.2, 0.25) is 5.88 Å². The monoisotopic (exact) mass is 404 g/mol. The van der Waals surface area contributed by atoms with Gasteiger partial charge in [-0.15, -0.1) is 5.10 Å².